The summed E-state index contributed by atoms with van der Waals surface area (Å²) in [5.41, 5.74) is 0.462. The van der Waals surface area contributed by atoms with E-state index in [2.05, 4.69) is 12.2 Å². The molecule has 2 aromatic carbocycles. The Bertz CT molecular complexity index is 692. The molecule has 0 radical (unpaired) electrons. The third-order valence-corrected chi connectivity index (χ3v) is 3.66. The lowest BCUT2D eigenvalue weighted by Gasteiger charge is -2.14. The van der Waals surface area contributed by atoms with Crippen molar-refractivity contribution < 1.29 is 23.6 Å². The molecule has 0 heterocycles. The second-order valence-electron chi connectivity index (χ2n) is 6.11. The van der Waals surface area contributed by atoms with Crippen LogP contribution in [0.15, 0.2) is 48.5 Å². The second-order valence-corrected chi connectivity index (χ2v) is 6.11. The first-order valence-electron chi connectivity index (χ1n) is 8.79. The van der Waals surface area contributed by atoms with E-state index in [0.717, 1.165) is 22.8 Å². The summed E-state index contributed by atoms with van der Waals surface area (Å²) < 4.78 is 24.3. The topological polar surface area (TPSA) is 52.0 Å². The lowest BCUT2D eigenvalue weighted by molar-refractivity contribution is -0.871. The van der Waals surface area contributed by atoms with Gasteiger partial charge in [0.15, 0.2) is 6.54 Å². The normalized spacial score (nSPS) is 11.7. The zero-order valence-corrected chi connectivity index (χ0v) is 15.3. The van der Waals surface area contributed by atoms with E-state index >= 15 is 0 Å². The summed E-state index contributed by atoms with van der Waals surface area (Å²) in [7, 11) is 1.91. The molecule has 1 amide bonds. The molecule has 140 valence electrons. The molecule has 0 aliphatic heterocycles. The van der Waals surface area contributed by atoms with Crippen LogP contribution in [0.2, 0.25) is 0 Å². The van der Waals surface area contributed by atoms with Crippen LogP contribution in [0.25, 0.3) is 0 Å². The van der Waals surface area contributed by atoms with Crippen molar-refractivity contribution in [2.45, 2.75) is 13.3 Å². The first-order valence-corrected chi connectivity index (χ1v) is 8.79. The van der Waals surface area contributed by atoms with Crippen molar-refractivity contribution in [2.24, 2.45) is 0 Å². The van der Waals surface area contributed by atoms with Gasteiger partial charge in [-0.05, 0) is 48.9 Å². The summed E-state index contributed by atoms with van der Waals surface area (Å²) in [6, 6.07) is 13.4. The average molecular weight is 361 g/mol. The number of likely N-dealkylation sites (N-methyl/N-ethyl adjacent to an activating group) is 1. The third kappa shape index (κ3) is 7.11. The first kappa shape index (κ1) is 19.7. The summed E-state index contributed by atoms with van der Waals surface area (Å²) in [6.07, 6.45) is 0.972. The fraction of sp³-hybridized carbons (Fsp3) is 0.350. The highest BCUT2D eigenvalue weighted by molar-refractivity contribution is 5.91. The number of hydrogen-bond donors (Lipinski definition) is 2. The number of ether oxygens (including phenoxy) is 2. The predicted molar refractivity (Wildman–Crippen MR) is 99.4 cm³/mol. The number of benzene rings is 2. The van der Waals surface area contributed by atoms with Crippen molar-refractivity contribution in [3.63, 3.8) is 0 Å². The van der Waals surface area contributed by atoms with Crippen molar-refractivity contribution in [1.29, 1.82) is 0 Å². The van der Waals surface area contributed by atoms with E-state index in [4.69, 9.17) is 9.47 Å². The predicted octanol–water partition coefficient (Wildman–Crippen LogP) is 2.15. The van der Waals surface area contributed by atoms with Gasteiger partial charge in [-0.2, -0.15) is 0 Å². The molecule has 2 N–H and O–H groups in total. The van der Waals surface area contributed by atoms with Crippen molar-refractivity contribution in [3.05, 3.63) is 54.3 Å². The minimum Gasteiger partial charge on any atom is -0.494 e. The Morgan fingerprint density at radius 3 is 2.35 bits per heavy atom. The van der Waals surface area contributed by atoms with Crippen LogP contribution in [0.4, 0.5) is 10.1 Å². The molecule has 26 heavy (non-hydrogen) atoms. The molecule has 0 saturated carbocycles. The minimum absolute atomic E-state index is 0.162. The van der Waals surface area contributed by atoms with Gasteiger partial charge in [0, 0.05) is 5.69 Å². The Morgan fingerprint density at radius 1 is 1.08 bits per heavy atom. The molecular weight excluding hydrogens is 335 g/mol. The van der Waals surface area contributed by atoms with Crippen LogP contribution < -0.4 is 19.7 Å². The van der Waals surface area contributed by atoms with Gasteiger partial charge in [-0.25, -0.2) is 4.39 Å². The maximum atomic E-state index is 13.1. The Labute approximate surface area is 153 Å². The molecule has 0 spiro atoms. The average Bonchev–Trinajstić information content (AvgIpc) is 2.61. The van der Waals surface area contributed by atoms with Crippen molar-refractivity contribution in [3.8, 4) is 11.5 Å². The highest BCUT2D eigenvalue weighted by atomic mass is 19.1. The maximum Gasteiger partial charge on any atom is 0.279 e. The number of halogens is 1. The van der Waals surface area contributed by atoms with Crippen LogP contribution in [0.5, 0.6) is 11.5 Å². The van der Waals surface area contributed by atoms with Gasteiger partial charge in [0.2, 0.25) is 0 Å². The molecule has 5 nitrogen and oxygen atoms in total. The number of anilines is 1. The van der Waals surface area contributed by atoms with E-state index in [0.29, 0.717) is 25.4 Å². The number of rotatable bonds is 10. The van der Waals surface area contributed by atoms with Gasteiger partial charge in [0.1, 0.15) is 30.5 Å². The maximum absolute atomic E-state index is 13.1. The van der Waals surface area contributed by atoms with Gasteiger partial charge < -0.3 is 19.7 Å². The molecule has 2 aromatic rings. The summed E-state index contributed by atoms with van der Waals surface area (Å²) in [4.78, 5) is 13.0. The minimum atomic E-state index is -0.372. The third-order valence-electron chi connectivity index (χ3n) is 3.66. The zero-order valence-electron chi connectivity index (χ0n) is 15.3. The Hall–Kier alpha value is -2.60. The fourth-order valence-corrected chi connectivity index (χ4v) is 2.33. The summed E-state index contributed by atoms with van der Waals surface area (Å²) in [5.74, 6) is 1.07. The molecule has 0 aliphatic rings. The molecular formula is C20H26FN2O3+. The summed E-state index contributed by atoms with van der Waals surface area (Å²) in [6.45, 7) is 4.21. The Kier molecular flexibility index (Phi) is 7.89. The molecule has 0 fully saturated rings. The van der Waals surface area contributed by atoms with Crippen LogP contribution >= 0.6 is 0 Å². The second kappa shape index (κ2) is 10.4. The van der Waals surface area contributed by atoms with Crippen LogP contribution in [0.3, 0.4) is 0 Å². The lowest BCUT2D eigenvalue weighted by atomic mass is 10.3. The molecule has 1 unspecified atom stereocenters. The lowest BCUT2D eigenvalue weighted by Crippen LogP contribution is -3.10. The van der Waals surface area contributed by atoms with Crippen molar-refractivity contribution in [2.75, 3.05) is 38.7 Å². The fourth-order valence-electron chi connectivity index (χ4n) is 2.33. The number of carbonyl (C=O) groups is 1. The molecule has 2 rings (SSSR count). The van der Waals surface area contributed by atoms with E-state index in [1.54, 1.807) is 12.1 Å². The first-order chi connectivity index (χ1) is 12.6. The van der Waals surface area contributed by atoms with Gasteiger partial charge in [-0.3, -0.25) is 4.79 Å². The smallest absolute Gasteiger partial charge is 0.279 e. The molecule has 0 bridgehead atoms. The van der Waals surface area contributed by atoms with E-state index in [9.17, 15) is 9.18 Å². The number of amides is 1. The van der Waals surface area contributed by atoms with E-state index < -0.39 is 0 Å². The molecule has 6 heteroatoms. The molecule has 1 atom stereocenters. The quantitative estimate of drug-likeness (QED) is 0.682. The number of nitrogens with one attached hydrogen (secondary N) is 2. The molecule has 0 saturated heterocycles. The highest BCUT2D eigenvalue weighted by Crippen LogP contribution is 2.17. The summed E-state index contributed by atoms with van der Waals surface area (Å²) >= 11 is 0. The van der Waals surface area contributed by atoms with Crippen molar-refractivity contribution in [1.82, 2.24) is 0 Å². The Morgan fingerprint density at radius 2 is 1.73 bits per heavy atom. The van der Waals surface area contributed by atoms with Gasteiger partial charge in [-0.1, -0.05) is 13.0 Å². The standard InChI is InChI=1S/C20H25FN2O3/c1-3-12-25-18-7-9-19(10-8-18)26-13-11-23(2)15-20(24)22-17-6-4-5-16(21)14-17/h4-10,14H,3,11-13,15H2,1-2H3,(H,22,24)/p+1. The van der Waals surface area contributed by atoms with Crippen LogP contribution in [0, 0.1) is 5.82 Å². The number of quaternary nitrogens is 1. The highest BCUT2D eigenvalue weighted by Gasteiger charge is 2.10. The van der Waals surface area contributed by atoms with E-state index in [1.807, 2.05) is 31.3 Å². The van der Waals surface area contributed by atoms with Gasteiger partial charge in [-0.15, -0.1) is 0 Å². The van der Waals surface area contributed by atoms with Crippen LogP contribution in [-0.2, 0) is 4.79 Å². The van der Waals surface area contributed by atoms with Gasteiger partial charge in [0.05, 0.1) is 13.7 Å². The molecule has 0 aliphatic carbocycles. The van der Waals surface area contributed by atoms with Crippen LogP contribution in [0.1, 0.15) is 13.3 Å². The van der Waals surface area contributed by atoms with Gasteiger partial charge in [0.25, 0.3) is 5.91 Å². The van der Waals surface area contributed by atoms with Gasteiger partial charge >= 0.3 is 0 Å². The summed E-state index contributed by atoms with van der Waals surface area (Å²) in [5, 5.41) is 2.69. The number of carbonyl (C=O) groups excluding carboxylic acids is 1. The SMILES string of the molecule is CCCOc1ccc(OCC[NH+](C)CC(=O)Nc2cccc(F)c2)cc1. The number of hydrogen-bond acceptors (Lipinski definition) is 3. The Balaban J connectivity index is 1.68. The van der Waals surface area contributed by atoms with E-state index in [1.165, 1.54) is 12.1 Å². The monoisotopic (exact) mass is 361 g/mol. The largest absolute Gasteiger partial charge is 0.494 e. The van der Waals surface area contributed by atoms with Crippen molar-refractivity contribution >= 4 is 11.6 Å². The molecule has 0 aromatic heterocycles. The zero-order chi connectivity index (χ0) is 18.8. The van der Waals surface area contributed by atoms with E-state index in [-0.39, 0.29) is 18.3 Å². The van der Waals surface area contributed by atoms with Crippen LogP contribution in [-0.4, -0.2) is 39.3 Å².